The van der Waals surface area contributed by atoms with Gasteiger partial charge in [0.05, 0.1) is 5.69 Å². The molecule has 20 heavy (non-hydrogen) atoms. The number of benzene rings is 2. The molecule has 0 fully saturated rings. The van der Waals surface area contributed by atoms with Crippen LogP contribution in [0.25, 0.3) is 0 Å². The largest absolute Gasteiger partial charge is 0.398 e. The fourth-order valence-corrected chi connectivity index (χ4v) is 2.63. The number of anilines is 2. The third-order valence-corrected chi connectivity index (χ3v) is 3.69. The minimum atomic E-state index is -3.62. The maximum atomic E-state index is 12.0. The second kappa shape index (κ2) is 7.52. The Labute approximate surface area is 119 Å². The first-order valence-corrected chi connectivity index (χ1v) is 7.52. The molecule has 0 aliphatic heterocycles. The quantitative estimate of drug-likeness (QED) is 0.756. The lowest BCUT2D eigenvalue weighted by Gasteiger charge is -2.09. The molecule has 108 valence electrons. The van der Waals surface area contributed by atoms with Crippen LogP contribution < -0.4 is 10.5 Å². The summed E-state index contributed by atoms with van der Waals surface area (Å²) in [5, 5.41) is 7.57. The normalized spacial score (nSPS) is 10.3. The zero-order chi connectivity index (χ0) is 15.0. The average molecular weight is 294 g/mol. The molecular formula is C14H18N2O3S. The second-order valence-corrected chi connectivity index (χ2v) is 5.48. The van der Waals surface area contributed by atoms with Crippen molar-refractivity contribution in [2.24, 2.45) is 0 Å². The average Bonchev–Trinajstić information content (AvgIpc) is 2.40. The Bertz CT molecular complexity index is 628. The molecular weight excluding hydrogens is 276 g/mol. The molecule has 0 heterocycles. The summed E-state index contributed by atoms with van der Waals surface area (Å²) < 4.78 is 26.5. The summed E-state index contributed by atoms with van der Waals surface area (Å²) in [6.45, 7) is 1.93. The van der Waals surface area contributed by atoms with E-state index in [1.165, 1.54) is 6.07 Å². The lowest BCUT2D eigenvalue weighted by Crippen LogP contribution is -2.14. The summed E-state index contributed by atoms with van der Waals surface area (Å²) in [6.07, 6.45) is 0. The molecule has 0 aliphatic carbocycles. The molecule has 2 rings (SSSR count). The van der Waals surface area contributed by atoms with E-state index in [9.17, 15) is 8.42 Å². The topological polar surface area (TPSA) is 92.4 Å². The third-order valence-electron chi connectivity index (χ3n) is 2.23. The van der Waals surface area contributed by atoms with Gasteiger partial charge in [0.25, 0.3) is 10.0 Å². The van der Waals surface area contributed by atoms with Gasteiger partial charge in [0.2, 0.25) is 0 Å². The molecule has 0 aromatic heterocycles. The number of para-hydroxylation sites is 2. The highest BCUT2D eigenvalue weighted by Gasteiger charge is 2.16. The zero-order valence-electron chi connectivity index (χ0n) is 11.2. The van der Waals surface area contributed by atoms with Crippen molar-refractivity contribution in [1.82, 2.24) is 0 Å². The van der Waals surface area contributed by atoms with Crippen LogP contribution in [0.3, 0.4) is 0 Å². The molecule has 2 aromatic carbocycles. The SMILES string of the molecule is CCO.Nc1ccccc1S(=O)(=O)Nc1ccccc1. The van der Waals surface area contributed by atoms with E-state index >= 15 is 0 Å². The Morgan fingerprint density at radius 3 is 2.10 bits per heavy atom. The van der Waals surface area contributed by atoms with Crippen molar-refractivity contribution in [3.05, 3.63) is 54.6 Å². The summed E-state index contributed by atoms with van der Waals surface area (Å²) in [5.74, 6) is 0. The maximum Gasteiger partial charge on any atom is 0.263 e. The highest BCUT2D eigenvalue weighted by Crippen LogP contribution is 2.20. The molecule has 0 unspecified atom stereocenters. The molecule has 0 spiro atoms. The van der Waals surface area contributed by atoms with Gasteiger partial charge in [-0.3, -0.25) is 4.72 Å². The van der Waals surface area contributed by atoms with Crippen LogP contribution in [0, 0.1) is 0 Å². The Balaban J connectivity index is 0.000000612. The first kappa shape index (κ1) is 16.0. The summed E-state index contributed by atoms with van der Waals surface area (Å²) in [6, 6.07) is 15.0. The van der Waals surface area contributed by atoms with Gasteiger partial charge in [-0.15, -0.1) is 0 Å². The van der Waals surface area contributed by atoms with E-state index in [-0.39, 0.29) is 17.2 Å². The van der Waals surface area contributed by atoms with Crippen molar-refractivity contribution in [2.45, 2.75) is 11.8 Å². The highest BCUT2D eigenvalue weighted by molar-refractivity contribution is 7.92. The molecule has 0 saturated heterocycles. The molecule has 6 heteroatoms. The van der Waals surface area contributed by atoms with E-state index in [1.54, 1.807) is 49.4 Å². The van der Waals surface area contributed by atoms with Crippen molar-refractivity contribution < 1.29 is 13.5 Å². The van der Waals surface area contributed by atoms with Gasteiger partial charge in [-0.05, 0) is 31.2 Å². The fourth-order valence-electron chi connectivity index (χ4n) is 1.44. The second-order valence-electron chi connectivity index (χ2n) is 3.83. The van der Waals surface area contributed by atoms with Crippen LogP contribution in [0.15, 0.2) is 59.5 Å². The standard InChI is InChI=1S/C12H12N2O2S.C2H6O/c13-11-8-4-5-9-12(11)17(15,16)14-10-6-2-1-3-7-10;1-2-3/h1-9,14H,13H2;3H,2H2,1H3. The van der Waals surface area contributed by atoms with Crippen LogP contribution in [-0.2, 0) is 10.0 Å². The molecule has 0 saturated carbocycles. The van der Waals surface area contributed by atoms with Gasteiger partial charge in [-0.1, -0.05) is 30.3 Å². The van der Waals surface area contributed by atoms with Crippen LogP contribution in [0.1, 0.15) is 6.92 Å². The number of hydrogen-bond donors (Lipinski definition) is 3. The number of aliphatic hydroxyl groups excluding tert-OH is 1. The number of hydrogen-bond acceptors (Lipinski definition) is 4. The number of nitrogen functional groups attached to an aromatic ring is 1. The lowest BCUT2D eigenvalue weighted by molar-refractivity contribution is 0.318. The molecule has 0 bridgehead atoms. The van der Waals surface area contributed by atoms with Crippen molar-refractivity contribution in [3.63, 3.8) is 0 Å². The van der Waals surface area contributed by atoms with Gasteiger partial charge in [0.15, 0.2) is 0 Å². The predicted octanol–water partition coefficient (Wildman–Crippen LogP) is 2.07. The van der Waals surface area contributed by atoms with Crippen LogP contribution in [-0.4, -0.2) is 20.1 Å². The Morgan fingerprint density at radius 2 is 1.55 bits per heavy atom. The predicted molar refractivity (Wildman–Crippen MR) is 80.9 cm³/mol. The first-order chi connectivity index (χ1) is 9.51. The number of aliphatic hydroxyl groups is 1. The number of sulfonamides is 1. The molecule has 0 aliphatic rings. The van der Waals surface area contributed by atoms with Crippen LogP contribution >= 0.6 is 0 Å². The molecule has 0 atom stereocenters. The lowest BCUT2D eigenvalue weighted by atomic mass is 10.3. The zero-order valence-corrected chi connectivity index (χ0v) is 12.0. The van der Waals surface area contributed by atoms with E-state index in [4.69, 9.17) is 10.8 Å². The van der Waals surface area contributed by atoms with Gasteiger partial charge >= 0.3 is 0 Å². The molecule has 2 aromatic rings. The van der Waals surface area contributed by atoms with Gasteiger partial charge in [0.1, 0.15) is 4.90 Å². The van der Waals surface area contributed by atoms with Crippen molar-refractivity contribution in [1.29, 1.82) is 0 Å². The molecule has 5 nitrogen and oxygen atoms in total. The number of nitrogens with one attached hydrogen (secondary N) is 1. The van der Waals surface area contributed by atoms with E-state index in [0.29, 0.717) is 5.69 Å². The van der Waals surface area contributed by atoms with Crippen molar-refractivity contribution in [2.75, 3.05) is 17.1 Å². The first-order valence-electron chi connectivity index (χ1n) is 6.04. The van der Waals surface area contributed by atoms with Gasteiger partial charge < -0.3 is 10.8 Å². The number of rotatable bonds is 3. The maximum absolute atomic E-state index is 12.0. The Kier molecular flexibility index (Phi) is 6.02. The fraction of sp³-hybridized carbons (Fsp3) is 0.143. The number of nitrogens with two attached hydrogens (primary N) is 1. The minimum absolute atomic E-state index is 0.0869. The molecule has 0 amide bonds. The molecule has 0 radical (unpaired) electrons. The van der Waals surface area contributed by atoms with E-state index in [2.05, 4.69) is 4.72 Å². The van der Waals surface area contributed by atoms with Gasteiger partial charge in [-0.2, -0.15) is 0 Å². The van der Waals surface area contributed by atoms with Crippen LogP contribution in [0.4, 0.5) is 11.4 Å². The monoisotopic (exact) mass is 294 g/mol. The van der Waals surface area contributed by atoms with E-state index in [0.717, 1.165) is 0 Å². The van der Waals surface area contributed by atoms with Gasteiger partial charge in [-0.25, -0.2) is 8.42 Å². The van der Waals surface area contributed by atoms with Crippen molar-refractivity contribution in [3.8, 4) is 0 Å². The van der Waals surface area contributed by atoms with Crippen LogP contribution in [0.5, 0.6) is 0 Å². The summed E-state index contributed by atoms with van der Waals surface area (Å²) in [7, 11) is -3.62. The summed E-state index contributed by atoms with van der Waals surface area (Å²) in [5.41, 5.74) is 6.38. The van der Waals surface area contributed by atoms with Crippen molar-refractivity contribution >= 4 is 21.4 Å². The van der Waals surface area contributed by atoms with Crippen LogP contribution in [0.2, 0.25) is 0 Å². The van der Waals surface area contributed by atoms with E-state index in [1.807, 2.05) is 6.07 Å². The third kappa shape index (κ3) is 4.56. The van der Waals surface area contributed by atoms with Gasteiger partial charge in [0, 0.05) is 12.3 Å². The Morgan fingerprint density at radius 1 is 1.05 bits per heavy atom. The highest BCUT2D eigenvalue weighted by atomic mass is 32.2. The van der Waals surface area contributed by atoms with E-state index < -0.39 is 10.0 Å². The Hall–Kier alpha value is -2.05. The summed E-state index contributed by atoms with van der Waals surface area (Å²) >= 11 is 0. The smallest absolute Gasteiger partial charge is 0.263 e. The summed E-state index contributed by atoms with van der Waals surface area (Å²) in [4.78, 5) is 0.0869. The molecule has 4 N–H and O–H groups in total. The minimum Gasteiger partial charge on any atom is -0.398 e.